The second kappa shape index (κ2) is 5.48. The van der Waals surface area contributed by atoms with Crippen molar-refractivity contribution in [1.29, 1.82) is 0 Å². The van der Waals surface area contributed by atoms with Crippen molar-refractivity contribution >= 4 is 17.2 Å². The minimum Gasteiger partial charge on any atom is -0.346 e. The number of aromatic nitrogens is 1. The number of thiazole rings is 1. The van der Waals surface area contributed by atoms with Crippen molar-refractivity contribution in [2.75, 3.05) is 19.6 Å². The third kappa shape index (κ3) is 2.55. The molecule has 3 heterocycles. The Morgan fingerprint density at radius 1 is 1.41 bits per heavy atom. The molecular formula is C17H19N3OS. The van der Waals surface area contributed by atoms with Gasteiger partial charge in [0.2, 0.25) is 0 Å². The van der Waals surface area contributed by atoms with E-state index in [9.17, 15) is 4.79 Å². The number of benzene rings is 1. The molecule has 2 fully saturated rings. The van der Waals surface area contributed by atoms with Gasteiger partial charge in [0.05, 0.1) is 4.88 Å². The Morgan fingerprint density at radius 2 is 2.32 bits per heavy atom. The smallest absolute Gasteiger partial charge is 0.280 e. The van der Waals surface area contributed by atoms with Crippen LogP contribution in [0.4, 0.5) is 0 Å². The van der Waals surface area contributed by atoms with Gasteiger partial charge in [-0.05, 0) is 31.4 Å². The summed E-state index contributed by atoms with van der Waals surface area (Å²) in [5, 5.41) is 3.73. The molecule has 1 aromatic carbocycles. The highest BCUT2D eigenvalue weighted by Crippen LogP contribution is 2.29. The van der Waals surface area contributed by atoms with Crippen molar-refractivity contribution in [2.45, 2.75) is 19.4 Å². The van der Waals surface area contributed by atoms with Crippen LogP contribution in [0.5, 0.6) is 0 Å². The Labute approximate surface area is 134 Å². The van der Waals surface area contributed by atoms with Gasteiger partial charge < -0.3 is 10.2 Å². The van der Waals surface area contributed by atoms with Crippen LogP contribution in [-0.2, 0) is 0 Å². The molecule has 2 aliphatic heterocycles. The SMILES string of the molecule is Cc1cccc(-c2cnc(C(=O)NC3CN4CC[C@H]3C4)s2)c1. The molecule has 0 aliphatic carbocycles. The summed E-state index contributed by atoms with van der Waals surface area (Å²) in [6.07, 6.45) is 3.01. The average molecular weight is 313 g/mol. The summed E-state index contributed by atoms with van der Waals surface area (Å²) in [6, 6.07) is 8.59. The van der Waals surface area contributed by atoms with Crippen LogP contribution < -0.4 is 5.32 Å². The first-order chi connectivity index (χ1) is 10.7. The van der Waals surface area contributed by atoms with Crippen LogP contribution in [0.15, 0.2) is 30.5 Å². The van der Waals surface area contributed by atoms with E-state index in [2.05, 4.69) is 40.3 Å². The number of hydrogen-bond acceptors (Lipinski definition) is 4. The van der Waals surface area contributed by atoms with E-state index in [1.54, 1.807) is 6.20 Å². The number of rotatable bonds is 3. The molecular weight excluding hydrogens is 294 g/mol. The molecule has 0 saturated carbocycles. The number of piperidine rings is 1. The maximum Gasteiger partial charge on any atom is 0.280 e. The Hall–Kier alpha value is -1.72. The number of fused-ring (bicyclic) bond motifs is 2. The summed E-state index contributed by atoms with van der Waals surface area (Å²) in [5.74, 6) is 0.600. The van der Waals surface area contributed by atoms with Crippen molar-refractivity contribution < 1.29 is 4.79 Å². The van der Waals surface area contributed by atoms with Gasteiger partial charge in [-0.3, -0.25) is 4.79 Å². The Bertz CT molecular complexity index is 711. The monoisotopic (exact) mass is 313 g/mol. The number of amides is 1. The van der Waals surface area contributed by atoms with Crippen LogP contribution in [0.1, 0.15) is 21.8 Å². The molecule has 2 unspecified atom stereocenters. The number of nitrogens with one attached hydrogen (secondary N) is 1. The number of carbonyl (C=O) groups is 1. The maximum absolute atomic E-state index is 12.4. The van der Waals surface area contributed by atoms with Gasteiger partial charge in [-0.25, -0.2) is 4.98 Å². The van der Waals surface area contributed by atoms with Crippen LogP contribution in [0, 0.1) is 12.8 Å². The summed E-state index contributed by atoms with van der Waals surface area (Å²) >= 11 is 1.47. The zero-order chi connectivity index (χ0) is 15.1. The molecule has 4 rings (SSSR count). The summed E-state index contributed by atoms with van der Waals surface area (Å²) < 4.78 is 0. The van der Waals surface area contributed by atoms with Crippen molar-refractivity contribution in [3.8, 4) is 10.4 Å². The first-order valence-corrected chi connectivity index (χ1v) is 8.57. The lowest BCUT2D eigenvalue weighted by Crippen LogP contribution is -2.43. The van der Waals surface area contributed by atoms with Gasteiger partial charge in [0.1, 0.15) is 0 Å². The second-order valence-corrected chi connectivity index (χ2v) is 7.32. The quantitative estimate of drug-likeness (QED) is 0.947. The standard InChI is InChI=1S/C17H19N3OS/c1-11-3-2-4-12(7-11)15-8-18-17(22-15)16(21)19-14-10-20-6-5-13(14)9-20/h2-4,7-8,13-14H,5-6,9-10H2,1H3,(H,19,21)/t13-,14?/m0/s1. The molecule has 1 aromatic heterocycles. The molecule has 0 spiro atoms. The maximum atomic E-state index is 12.4. The van der Waals surface area contributed by atoms with Crippen LogP contribution in [0.2, 0.25) is 0 Å². The van der Waals surface area contributed by atoms with E-state index >= 15 is 0 Å². The molecule has 5 heteroatoms. The fourth-order valence-corrected chi connectivity index (χ4v) is 4.30. The highest BCUT2D eigenvalue weighted by molar-refractivity contribution is 7.16. The fourth-order valence-electron chi connectivity index (χ4n) is 3.49. The normalized spacial score (nSPS) is 26.3. The zero-order valence-electron chi connectivity index (χ0n) is 12.6. The zero-order valence-corrected chi connectivity index (χ0v) is 13.4. The molecule has 2 saturated heterocycles. The van der Waals surface area contributed by atoms with Crippen molar-refractivity contribution in [2.24, 2.45) is 5.92 Å². The van der Waals surface area contributed by atoms with Gasteiger partial charge in [0.15, 0.2) is 5.01 Å². The number of hydrogen-bond donors (Lipinski definition) is 1. The fraction of sp³-hybridized carbons (Fsp3) is 0.412. The topological polar surface area (TPSA) is 45.2 Å². The average Bonchev–Trinajstić information content (AvgIpc) is 3.23. The first kappa shape index (κ1) is 13.9. The molecule has 1 N–H and O–H groups in total. The summed E-state index contributed by atoms with van der Waals surface area (Å²) in [6.45, 7) is 5.39. The Kier molecular flexibility index (Phi) is 3.47. The molecule has 3 atom stereocenters. The van der Waals surface area contributed by atoms with E-state index in [4.69, 9.17) is 0 Å². The van der Waals surface area contributed by atoms with E-state index in [0.29, 0.717) is 17.0 Å². The highest BCUT2D eigenvalue weighted by atomic mass is 32.1. The predicted molar refractivity (Wildman–Crippen MR) is 88.1 cm³/mol. The Morgan fingerprint density at radius 3 is 3.05 bits per heavy atom. The molecule has 2 aromatic rings. The van der Waals surface area contributed by atoms with Gasteiger partial charge in [0.25, 0.3) is 5.91 Å². The third-order valence-corrected chi connectivity index (χ3v) is 5.70. The second-order valence-electron chi connectivity index (χ2n) is 6.29. The van der Waals surface area contributed by atoms with E-state index < -0.39 is 0 Å². The molecule has 1 amide bonds. The van der Waals surface area contributed by atoms with Gasteiger partial charge in [0, 0.05) is 25.3 Å². The van der Waals surface area contributed by atoms with Crippen LogP contribution in [0.3, 0.4) is 0 Å². The third-order valence-electron chi connectivity index (χ3n) is 4.65. The summed E-state index contributed by atoms with van der Waals surface area (Å²) in [5.41, 5.74) is 2.34. The van der Waals surface area contributed by atoms with E-state index in [1.165, 1.54) is 29.9 Å². The van der Waals surface area contributed by atoms with Crippen LogP contribution in [-0.4, -0.2) is 41.5 Å². The molecule has 2 aliphatic rings. The van der Waals surface area contributed by atoms with Gasteiger partial charge in [-0.1, -0.05) is 29.8 Å². The lowest BCUT2D eigenvalue weighted by molar-refractivity contribution is 0.0924. The predicted octanol–water partition coefficient (Wildman–Crippen LogP) is 2.55. The molecule has 0 radical (unpaired) electrons. The van der Waals surface area contributed by atoms with E-state index in [1.807, 2.05) is 6.07 Å². The summed E-state index contributed by atoms with van der Waals surface area (Å²) in [7, 11) is 0. The largest absolute Gasteiger partial charge is 0.346 e. The van der Waals surface area contributed by atoms with Gasteiger partial charge in [-0.15, -0.1) is 11.3 Å². The van der Waals surface area contributed by atoms with E-state index in [0.717, 1.165) is 23.5 Å². The molecule has 4 nitrogen and oxygen atoms in total. The molecule has 22 heavy (non-hydrogen) atoms. The molecule has 2 bridgehead atoms. The highest BCUT2D eigenvalue weighted by Gasteiger charge is 2.38. The minimum atomic E-state index is -0.0253. The van der Waals surface area contributed by atoms with Crippen molar-refractivity contribution in [1.82, 2.24) is 15.2 Å². The minimum absolute atomic E-state index is 0.0253. The lowest BCUT2D eigenvalue weighted by Gasteiger charge is -2.22. The number of nitrogens with zero attached hydrogens (tertiary/aromatic N) is 2. The van der Waals surface area contributed by atoms with Gasteiger partial charge >= 0.3 is 0 Å². The molecule has 114 valence electrons. The van der Waals surface area contributed by atoms with Gasteiger partial charge in [-0.2, -0.15) is 0 Å². The van der Waals surface area contributed by atoms with Crippen molar-refractivity contribution in [3.05, 3.63) is 41.0 Å². The summed E-state index contributed by atoms with van der Waals surface area (Å²) in [4.78, 5) is 20.2. The number of aryl methyl sites for hydroxylation is 1. The first-order valence-electron chi connectivity index (χ1n) is 7.75. The van der Waals surface area contributed by atoms with Crippen LogP contribution in [0.25, 0.3) is 10.4 Å². The van der Waals surface area contributed by atoms with Crippen LogP contribution >= 0.6 is 11.3 Å². The number of carbonyl (C=O) groups excluding carboxylic acids is 1. The van der Waals surface area contributed by atoms with E-state index in [-0.39, 0.29) is 5.91 Å². The Balaban J connectivity index is 1.48. The lowest BCUT2D eigenvalue weighted by atomic mass is 10.0. The van der Waals surface area contributed by atoms with Crippen molar-refractivity contribution in [3.63, 3.8) is 0 Å².